The van der Waals surface area contributed by atoms with Crippen molar-refractivity contribution in [3.63, 3.8) is 0 Å². The Morgan fingerprint density at radius 3 is 2.59 bits per heavy atom. The fraction of sp³-hybridized carbons (Fsp3) is 0.462. The molecule has 0 spiro atoms. The fourth-order valence-electron chi connectivity index (χ4n) is 1.50. The Morgan fingerprint density at radius 2 is 2.00 bits per heavy atom. The molecule has 1 rings (SSSR count). The summed E-state index contributed by atoms with van der Waals surface area (Å²) in [6.07, 6.45) is 0.890. The van der Waals surface area contributed by atoms with E-state index in [-0.39, 0.29) is 11.9 Å². The standard InChI is InChI=1S/C13H19ClN2O/c1-3-15-13(17)10(2)16-9-8-11-4-6-12(14)7-5-11/h4-7,10,16H,3,8-9H2,1-2H3,(H,15,17). The number of amides is 1. The number of likely N-dealkylation sites (N-methyl/N-ethyl adjacent to an activating group) is 1. The third kappa shape index (κ3) is 5.20. The summed E-state index contributed by atoms with van der Waals surface area (Å²) in [4.78, 5) is 11.4. The van der Waals surface area contributed by atoms with Gasteiger partial charge in [-0.1, -0.05) is 23.7 Å². The van der Waals surface area contributed by atoms with Gasteiger partial charge in [0.15, 0.2) is 0 Å². The molecule has 0 saturated heterocycles. The molecule has 1 unspecified atom stereocenters. The van der Waals surface area contributed by atoms with E-state index in [4.69, 9.17) is 11.6 Å². The van der Waals surface area contributed by atoms with Crippen molar-refractivity contribution in [1.29, 1.82) is 0 Å². The van der Waals surface area contributed by atoms with Gasteiger partial charge in [0, 0.05) is 11.6 Å². The van der Waals surface area contributed by atoms with Crippen molar-refractivity contribution in [2.75, 3.05) is 13.1 Å². The zero-order chi connectivity index (χ0) is 12.7. The number of nitrogens with one attached hydrogen (secondary N) is 2. The van der Waals surface area contributed by atoms with Crippen LogP contribution in [0.5, 0.6) is 0 Å². The summed E-state index contributed by atoms with van der Waals surface area (Å²) in [7, 11) is 0. The molecule has 1 aromatic carbocycles. The predicted octanol–water partition coefficient (Wildman–Crippen LogP) is 2.00. The lowest BCUT2D eigenvalue weighted by molar-refractivity contribution is -0.122. The second-order valence-corrected chi connectivity index (χ2v) is 4.38. The maximum atomic E-state index is 11.4. The highest BCUT2D eigenvalue weighted by Crippen LogP contribution is 2.09. The van der Waals surface area contributed by atoms with E-state index in [0.717, 1.165) is 18.0 Å². The Hall–Kier alpha value is -1.06. The van der Waals surface area contributed by atoms with E-state index in [1.807, 2.05) is 38.1 Å². The largest absolute Gasteiger partial charge is 0.355 e. The fourth-order valence-corrected chi connectivity index (χ4v) is 1.63. The van der Waals surface area contributed by atoms with Crippen LogP contribution >= 0.6 is 11.6 Å². The molecule has 1 aromatic rings. The van der Waals surface area contributed by atoms with Crippen LogP contribution in [0, 0.1) is 0 Å². The van der Waals surface area contributed by atoms with Gasteiger partial charge in [-0.3, -0.25) is 4.79 Å². The van der Waals surface area contributed by atoms with Gasteiger partial charge in [0.1, 0.15) is 0 Å². The number of halogens is 1. The Labute approximate surface area is 108 Å². The zero-order valence-corrected chi connectivity index (χ0v) is 11.1. The molecular formula is C13H19ClN2O. The number of hydrogen-bond acceptors (Lipinski definition) is 2. The van der Waals surface area contributed by atoms with Crippen LogP contribution in [0.15, 0.2) is 24.3 Å². The Morgan fingerprint density at radius 1 is 1.35 bits per heavy atom. The van der Waals surface area contributed by atoms with Crippen LogP contribution in [0.1, 0.15) is 19.4 Å². The van der Waals surface area contributed by atoms with Crippen LogP contribution < -0.4 is 10.6 Å². The molecule has 0 bridgehead atoms. The molecule has 1 amide bonds. The molecule has 94 valence electrons. The van der Waals surface area contributed by atoms with E-state index in [9.17, 15) is 4.79 Å². The molecule has 0 aromatic heterocycles. The number of benzene rings is 1. The maximum absolute atomic E-state index is 11.4. The first-order chi connectivity index (χ1) is 8.13. The van der Waals surface area contributed by atoms with Gasteiger partial charge >= 0.3 is 0 Å². The number of hydrogen-bond donors (Lipinski definition) is 2. The van der Waals surface area contributed by atoms with Crippen LogP contribution in [-0.2, 0) is 11.2 Å². The van der Waals surface area contributed by atoms with Crippen LogP contribution in [0.25, 0.3) is 0 Å². The molecule has 0 fully saturated rings. The zero-order valence-electron chi connectivity index (χ0n) is 10.3. The highest BCUT2D eigenvalue weighted by atomic mass is 35.5. The van der Waals surface area contributed by atoms with Gasteiger partial charge in [-0.2, -0.15) is 0 Å². The normalized spacial score (nSPS) is 12.2. The third-order valence-corrected chi connectivity index (χ3v) is 2.77. The van der Waals surface area contributed by atoms with Gasteiger partial charge in [0.2, 0.25) is 5.91 Å². The molecule has 4 heteroatoms. The van der Waals surface area contributed by atoms with Gasteiger partial charge < -0.3 is 10.6 Å². The maximum Gasteiger partial charge on any atom is 0.236 e. The first kappa shape index (κ1) is 14.0. The number of carbonyl (C=O) groups excluding carboxylic acids is 1. The minimum atomic E-state index is -0.151. The van der Waals surface area contributed by atoms with Crippen molar-refractivity contribution in [3.8, 4) is 0 Å². The average molecular weight is 255 g/mol. The summed E-state index contributed by atoms with van der Waals surface area (Å²) in [6, 6.07) is 7.61. The van der Waals surface area contributed by atoms with Crippen molar-refractivity contribution < 1.29 is 4.79 Å². The summed E-state index contributed by atoms with van der Waals surface area (Å²) in [5.41, 5.74) is 1.21. The Bertz CT molecular complexity index is 351. The summed E-state index contributed by atoms with van der Waals surface area (Å²) in [6.45, 7) is 5.23. The minimum Gasteiger partial charge on any atom is -0.355 e. The molecule has 0 aliphatic rings. The van der Waals surface area contributed by atoms with Crippen molar-refractivity contribution in [2.24, 2.45) is 0 Å². The SMILES string of the molecule is CCNC(=O)C(C)NCCc1ccc(Cl)cc1. The van der Waals surface area contributed by atoms with Gasteiger partial charge in [-0.05, 0) is 44.5 Å². The lowest BCUT2D eigenvalue weighted by atomic mass is 10.1. The molecule has 1 atom stereocenters. The van der Waals surface area contributed by atoms with Gasteiger partial charge in [0.25, 0.3) is 0 Å². The van der Waals surface area contributed by atoms with E-state index in [1.165, 1.54) is 5.56 Å². The molecule has 17 heavy (non-hydrogen) atoms. The first-order valence-electron chi connectivity index (χ1n) is 5.89. The third-order valence-electron chi connectivity index (χ3n) is 2.52. The van der Waals surface area contributed by atoms with E-state index >= 15 is 0 Å². The second-order valence-electron chi connectivity index (χ2n) is 3.95. The molecule has 0 aliphatic carbocycles. The van der Waals surface area contributed by atoms with Gasteiger partial charge in [-0.15, -0.1) is 0 Å². The first-order valence-corrected chi connectivity index (χ1v) is 6.26. The monoisotopic (exact) mass is 254 g/mol. The van der Waals surface area contributed by atoms with E-state index < -0.39 is 0 Å². The Balaban J connectivity index is 2.27. The Kier molecular flexibility index (Phi) is 6.01. The topological polar surface area (TPSA) is 41.1 Å². The lowest BCUT2D eigenvalue weighted by Crippen LogP contribution is -2.42. The van der Waals surface area contributed by atoms with E-state index in [1.54, 1.807) is 0 Å². The summed E-state index contributed by atoms with van der Waals surface area (Å²) < 4.78 is 0. The van der Waals surface area contributed by atoms with Gasteiger partial charge in [-0.25, -0.2) is 0 Å². The van der Waals surface area contributed by atoms with Crippen molar-refractivity contribution in [1.82, 2.24) is 10.6 Å². The smallest absolute Gasteiger partial charge is 0.236 e. The highest BCUT2D eigenvalue weighted by Gasteiger charge is 2.09. The van der Waals surface area contributed by atoms with Crippen molar-refractivity contribution in [2.45, 2.75) is 26.3 Å². The average Bonchev–Trinajstić information content (AvgIpc) is 2.32. The van der Waals surface area contributed by atoms with Crippen LogP contribution in [0.4, 0.5) is 0 Å². The summed E-state index contributed by atoms with van der Waals surface area (Å²) >= 11 is 5.80. The molecule has 0 heterocycles. The predicted molar refractivity (Wildman–Crippen MR) is 71.3 cm³/mol. The van der Waals surface area contributed by atoms with E-state index in [2.05, 4.69) is 10.6 Å². The molecule has 0 aliphatic heterocycles. The molecule has 3 nitrogen and oxygen atoms in total. The van der Waals surface area contributed by atoms with Crippen LogP contribution in [0.2, 0.25) is 5.02 Å². The van der Waals surface area contributed by atoms with Crippen molar-refractivity contribution in [3.05, 3.63) is 34.9 Å². The molecule has 2 N–H and O–H groups in total. The summed E-state index contributed by atoms with van der Waals surface area (Å²) in [5, 5.41) is 6.72. The number of rotatable bonds is 6. The second kappa shape index (κ2) is 7.30. The lowest BCUT2D eigenvalue weighted by Gasteiger charge is -2.13. The van der Waals surface area contributed by atoms with Crippen molar-refractivity contribution >= 4 is 17.5 Å². The molecule has 0 radical (unpaired) electrons. The van der Waals surface area contributed by atoms with Crippen LogP contribution in [-0.4, -0.2) is 25.0 Å². The van der Waals surface area contributed by atoms with Crippen LogP contribution in [0.3, 0.4) is 0 Å². The van der Waals surface area contributed by atoms with E-state index in [0.29, 0.717) is 6.54 Å². The minimum absolute atomic E-state index is 0.0450. The molecule has 0 saturated carbocycles. The summed E-state index contributed by atoms with van der Waals surface area (Å²) in [5.74, 6) is 0.0450. The number of carbonyl (C=O) groups is 1. The van der Waals surface area contributed by atoms with Gasteiger partial charge in [0.05, 0.1) is 6.04 Å². The quantitative estimate of drug-likeness (QED) is 0.815. The molecular weight excluding hydrogens is 236 g/mol. The highest BCUT2D eigenvalue weighted by molar-refractivity contribution is 6.30.